The van der Waals surface area contributed by atoms with E-state index < -0.39 is 46.1 Å². The van der Waals surface area contributed by atoms with Crippen LogP contribution < -0.4 is 0 Å². The van der Waals surface area contributed by atoms with E-state index in [0.29, 0.717) is 17.3 Å². The number of hydrogen-bond donors (Lipinski definition) is 1. The van der Waals surface area contributed by atoms with Crippen LogP contribution in [-0.4, -0.2) is 56.1 Å². The third-order valence-corrected chi connectivity index (χ3v) is 4.66. The number of benzene rings is 1. The normalized spacial score (nSPS) is 16.7. The van der Waals surface area contributed by atoms with Gasteiger partial charge in [0.1, 0.15) is 6.61 Å². The van der Waals surface area contributed by atoms with E-state index in [4.69, 9.17) is 4.74 Å². The molecule has 12 heteroatoms. The van der Waals surface area contributed by atoms with Crippen LogP contribution in [-0.2, 0) is 35.3 Å². The van der Waals surface area contributed by atoms with Gasteiger partial charge in [-0.25, -0.2) is 4.79 Å². The quantitative estimate of drug-likeness (QED) is 0.273. The SMILES string of the molecule is CC(=O)OCC(=O)S[C@@H]1CC(=O)N1C(O)C(=O)OCc1ccc([N+](=O)[O-])cc1. The highest BCUT2D eigenvalue weighted by atomic mass is 32.2. The number of carbonyl (C=O) groups is 4. The van der Waals surface area contributed by atoms with Crippen molar-refractivity contribution in [3.63, 3.8) is 0 Å². The van der Waals surface area contributed by atoms with E-state index >= 15 is 0 Å². The number of hydrogen-bond acceptors (Lipinski definition) is 10. The van der Waals surface area contributed by atoms with Gasteiger partial charge < -0.3 is 14.6 Å². The molecule has 1 aliphatic rings. The maximum absolute atomic E-state index is 12.0. The Bertz CT molecular complexity index is 796. The number of non-ortho nitro benzene ring substituents is 1. The van der Waals surface area contributed by atoms with Crippen molar-refractivity contribution >= 4 is 40.4 Å². The first-order valence-electron chi connectivity index (χ1n) is 7.91. The van der Waals surface area contributed by atoms with Crippen LogP contribution in [0.15, 0.2) is 24.3 Å². The van der Waals surface area contributed by atoms with Gasteiger partial charge in [-0.15, -0.1) is 0 Å². The van der Waals surface area contributed by atoms with E-state index in [1.54, 1.807) is 0 Å². The summed E-state index contributed by atoms with van der Waals surface area (Å²) >= 11 is 0.662. The number of aliphatic hydroxyl groups excluding tert-OH is 1. The third-order valence-electron chi connectivity index (χ3n) is 3.61. The molecule has 1 saturated heterocycles. The van der Waals surface area contributed by atoms with Gasteiger partial charge in [-0.2, -0.15) is 0 Å². The predicted molar refractivity (Wildman–Crippen MR) is 93.4 cm³/mol. The number of carbonyl (C=O) groups excluding carboxylic acids is 4. The van der Waals surface area contributed by atoms with Crippen LogP contribution in [0.1, 0.15) is 18.9 Å². The average molecular weight is 412 g/mol. The molecule has 0 aliphatic carbocycles. The van der Waals surface area contributed by atoms with Gasteiger partial charge in [0.2, 0.25) is 17.3 Å². The molecule has 11 nitrogen and oxygen atoms in total. The zero-order valence-corrected chi connectivity index (χ0v) is 15.4. The number of aliphatic hydroxyl groups is 1. The van der Waals surface area contributed by atoms with Crippen molar-refractivity contribution in [2.75, 3.05) is 6.61 Å². The van der Waals surface area contributed by atoms with Crippen molar-refractivity contribution in [1.82, 2.24) is 4.90 Å². The van der Waals surface area contributed by atoms with E-state index in [1.165, 1.54) is 24.3 Å². The van der Waals surface area contributed by atoms with Gasteiger partial charge in [0, 0.05) is 19.1 Å². The number of amides is 1. The minimum absolute atomic E-state index is 0.0663. The maximum Gasteiger partial charge on any atom is 0.356 e. The zero-order chi connectivity index (χ0) is 20.8. The molecule has 1 fully saturated rings. The van der Waals surface area contributed by atoms with Gasteiger partial charge >= 0.3 is 11.9 Å². The Morgan fingerprint density at radius 1 is 1.32 bits per heavy atom. The fourth-order valence-corrected chi connectivity index (χ4v) is 3.20. The summed E-state index contributed by atoms with van der Waals surface area (Å²) in [5, 5.41) is 19.3. The Labute approximate surface area is 162 Å². The highest BCUT2D eigenvalue weighted by Crippen LogP contribution is 2.32. The first kappa shape index (κ1) is 21.3. The van der Waals surface area contributed by atoms with Crippen molar-refractivity contribution in [2.45, 2.75) is 31.6 Å². The molecule has 28 heavy (non-hydrogen) atoms. The Kier molecular flexibility index (Phi) is 7.06. The minimum Gasteiger partial charge on any atom is -0.457 e. The zero-order valence-electron chi connectivity index (χ0n) is 14.6. The maximum atomic E-state index is 12.0. The molecule has 1 unspecified atom stereocenters. The summed E-state index contributed by atoms with van der Waals surface area (Å²) in [4.78, 5) is 56.9. The van der Waals surface area contributed by atoms with Gasteiger partial charge in [-0.1, -0.05) is 11.8 Å². The lowest BCUT2D eigenvalue weighted by atomic mass is 10.2. The van der Waals surface area contributed by atoms with E-state index in [-0.39, 0.29) is 18.7 Å². The van der Waals surface area contributed by atoms with Crippen molar-refractivity contribution in [3.8, 4) is 0 Å². The second-order valence-electron chi connectivity index (χ2n) is 5.63. The van der Waals surface area contributed by atoms with Gasteiger partial charge in [-0.3, -0.25) is 29.4 Å². The molecular formula is C16H16N2O9S. The number of ether oxygens (including phenoxy) is 2. The number of nitro benzene ring substituents is 1. The second-order valence-corrected chi connectivity index (χ2v) is 6.87. The lowest BCUT2D eigenvalue weighted by Gasteiger charge is -2.41. The molecule has 0 spiro atoms. The Morgan fingerprint density at radius 3 is 2.50 bits per heavy atom. The summed E-state index contributed by atoms with van der Waals surface area (Å²) in [6.07, 6.45) is -1.97. The number of thioether (sulfide) groups is 1. The summed E-state index contributed by atoms with van der Waals surface area (Å²) in [5.74, 6) is -2.28. The molecule has 0 saturated carbocycles. The highest BCUT2D eigenvalue weighted by molar-refractivity contribution is 8.14. The van der Waals surface area contributed by atoms with E-state index in [1.807, 2.05) is 0 Å². The number of likely N-dealkylation sites (tertiary alicyclic amines) is 1. The first-order valence-corrected chi connectivity index (χ1v) is 8.79. The van der Waals surface area contributed by atoms with Crippen LogP contribution >= 0.6 is 11.8 Å². The van der Waals surface area contributed by atoms with E-state index in [0.717, 1.165) is 11.8 Å². The minimum atomic E-state index is -1.90. The van der Waals surface area contributed by atoms with Gasteiger partial charge in [0.15, 0.2) is 6.61 Å². The molecular weight excluding hydrogens is 396 g/mol. The number of esters is 2. The van der Waals surface area contributed by atoms with Crippen LogP contribution in [0.5, 0.6) is 0 Å². The topological polar surface area (TPSA) is 153 Å². The summed E-state index contributed by atoms with van der Waals surface area (Å²) in [5.41, 5.74) is 0.322. The Morgan fingerprint density at radius 2 is 1.96 bits per heavy atom. The van der Waals surface area contributed by atoms with Crippen LogP contribution in [0, 0.1) is 10.1 Å². The van der Waals surface area contributed by atoms with Crippen molar-refractivity contribution in [1.29, 1.82) is 0 Å². The molecule has 2 rings (SSSR count). The predicted octanol–water partition coefficient (Wildman–Crippen LogP) is 0.338. The average Bonchev–Trinajstić information content (AvgIpc) is 2.64. The molecule has 0 aromatic heterocycles. The number of β-lactam (4-membered cyclic amide) rings is 1. The Balaban J connectivity index is 1.86. The van der Waals surface area contributed by atoms with Gasteiger partial charge in [0.05, 0.1) is 16.7 Å². The largest absolute Gasteiger partial charge is 0.457 e. The monoisotopic (exact) mass is 412 g/mol. The molecule has 1 aromatic carbocycles. The molecule has 2 atom stereocenters. The molecule has 150 valence electrons. The van der Waals surface area contributed by atoms with Crippen LogP contribution in [0.4, 0.5) is 5.69 Å². The fraction of sp³-hybridized carbons (Fsp3) is 0.375. The molecule has 1 aliphatic heterocycles. The first-order chi connectivity index (χ1) is 13.2. The van der Waals surface area contributed by atoms with Crippen LogP contribution in [0.3, 0.4) is 0 Å². The summed E-state index contributed by atoms with van der Waals surface area (Å²) in [6.45, 7) is 0.389. The smallest absolute Gasteiger partial charge is 0.356 e. The molecule has 1 heterocycles. The third kappa shape index (κ3) is 5.50. The second kappa shape index (κ2) is 9.28. The van der Waals surface area contributed by atoms with Crippen LogP contribution in [0.25, 0.3) is 0 Å². The van der Waals surface area contributed by atoms with Gasteiger partial charge in [-0.05, 0) is 17.7 Å². The Hall–Kier alpha value is -2.99. The standard InChI is InChI=1S/C16H16N2O9S/c1-9(19)26-8-14(21)28-13-6-12(20)17(13)15(22)16(23)27-7-10-2-4-11(5-3-10)18(24)25/h2-5,13,15,22H,6-8H2,1H3/t13-,15?/m1/s1. The van der Waals surface area contributed by atoms with Crippen LogP contribution in [0.2, 0.25) is 0 Å². The van der Waals surface area contributed by atoms with Gasteiger partial charge in [0.25, 0.3) is 5.69 Å². The van der Waals surface area contributed by atoms with E-state index in [9.17, 15) is 34.4 Å². The number of nitrogens with zero attached hydrogens (tertiary/aromatic N) is 2. The summed E-state index contributed by atoms with van der Waals surface area (Å²) < 4.78 is 9.46. The lowest BCUT2D eigenvalue weighted by molar-refractivity contribution is -0.384. The molecule has 0 radical (unpaired) electrons. The molecule has 1 N–H and O–H groups in total. The highest BCUT2D eigenvalue weighted by Gasteiger charge is 2.45. The number of nitro groups is 1. The summed E-state index contributed by atoms with van der Waals surface area (Å²) in [7, 11) is 0. The summed E-state index contributed by atoms with van der Waals surface area (Å²) in [6, 6.07) is 5.25. The van der Waals surface area contributed by atoms with Crippen molar-refractivity contribution in [3.05, 3.63) is 39.9 Å². The van der Waals surface area contributed by atoms with E-state index in [2.05, 4.69) is 4.74 Å². The molecule has 1 aromatic rings. The molecule has 0 bridgehead atoms. The molecule has 1 amide bonds. The lowest BCUT2D eigenvalue weighted by Crippen LogP contribution is -2.59. The van der Waals surface area contributed by atoms with Crippen molar-refractivity contribution in [2.24, 2.45) is 0 Å². The number of rotatable bonds is 8. The van der Waals surface area contributed by atoms with Crippen molar-refractivity contribution < 1.29 is 38.7 Å². The fourth-order valence-electron chi connectivity index (χ4n) is 2.20.